The summed E-state index contributed by atoms with van der Waals surface area (Å²) in [6.45, 7) is 6.79. The predicted molar refractivity (Wildman–Crippen MR) is 102 cm³/mol. The van der Waals surface area contributed by atoms with Crippen molar-refractivity contribution in [2.45, 2.75) is 39.2 Å². The second-order valence-electron chi connectivity index (χ2n) is 6.96. The van der Waals surface area contributed by atoms with Crippen molar-refractivity contribution < 1.29 is 9.59 Å². The standard InChI is InChI=1S/C18H28N4O2.ClH/c1-13-5-3-4-6-14(13)15(22-17(19)24)11-16(23)21-12-18(2)7-9-20-10-8-18;/h3-6,15,20H,7-12H2,1-2H3,(H,21,23)(H3,19,22,24);1H. The van der Waals surface area contributed by atoms with Crippen molar-refractivity contribution >= 4 is 24.3 Å². The number of piperidine rings is 1. The van der Waals surface area contributed by atoms with Crippen molar-refractivity contribution in [3.63, 3.8) is 0 Å². The lowest BCUT2D eigenvalue weighted by molar-refractivity contribution is -0.122. The number of urea groups is 1. The topological polar surface area (TPSA) is 96.2 Å². The maximum Gasteiger partial charge on any atom is 0.312 e. The van der Waals surface area contributed by atoms with Gasteiger partial charge in [0, 0.05) is 6.54 Å². The Balaban J connectivity index is 0.00000312. The highest BCUT2D eigenvalue weighted by Crippen LogP contribution is 2.27. The van der Waals surface area contributed by atoms with E-state index in [0.717, 1.165) is 37.1 Å². The number of nitrogens with one attached hydrogen (secondary N) is 3. The number of carbonyl (C=O) groups is 2. The first-order valence-corrected chi connectivity index (χ1v) is 8.48. The van der Waals surface area contributed by atoms with Gasteiger partial charge in [-0.1, -0.05) is 31.2 Å². The molecule has 6 nitrogen and oxygen atoms in total. The van der Waals surface area contributed by atoms with Crippen molar-refractivity contribution in [3.8, 4) is 0 Å². The first-order valence-electron chi connectivity index (χ1n) is 8.48. The molecule has 1 aliphatic rings. The number of aryl methyl sites for hydroxylation is 1. The Hall–Kier alpha value is -1.79. The van der Waals surface area contributed by atoms with Gasteiger partial charge < -0.3 is 21.7 Å². The van der Waals surface area contributed by atoms with Crippen molar-refractivity contribution in [2.24, 2.45) is 11.1 Å². The minimum Gasteiger partial charge on any atom is -0.355 e. The van der Waals surface area contributed by atoms with Crippen LogP contribution in [0.15, 0.2) is 24.3 Å². The summed E-state index contributed by atoms with van der Waals surface area (Å²) in [5.41, 5.74) is 7.35. The molecule has 0 spiro atoms. The number of nitrogens with two attached hydrogens (primary N) is 1. The van der Waals surface area contributed by atoms with Gasteiger partial charge in [0.05, 0.1) is 12.5 Å². The number of benzene rings is 1. The SMILES string of the molecule is Cc1ccccc1C(CC(=O)NCC1(C)CCNCC1)NC(N)=O.Cl. The molecule has 1 aliphatic heterocycles. The van der Waals surface area contributed by atoms with Gasteiger partial charge in [-0.25, -0.2) is 4.79 Å². The van der Waals surface area contributed by atoms with E-state index in [1.54, 1.807) is 0 Å². The molecule has 25 heavy (non-hydrogen) atoms. The average Bonchev–Trinajstić information content (AvgIpc) is 2.53. The predicted octanol–water partition coefficient (Wildman–Crippen LogP) is 2.02. The van der Waals surface area contributed by atoms with Crippen LogP contribution in [0.1, 0.15) is 43.4 Å². The molecule has 1 heterocycles. The monoisotopic (exact) mass is 368 g/mol. The van der Waals surface area contributed by atoms with E-state index >= 15 is 0 Å². The van der Waals surface area contributed by atoms with Crippen LogP contribution in [0.2, 0.25) is 0 Å². The highest BCUT2D eigenvalue weighted by Gasteiger charge is 2.27. The Morgan fingerprint density at radius 1 is 1.28 bits per heavy atom. The molecule has 0 bridgehead atoms. The lowest BCUT2D eigenvalue weighted by Gasteiger charge is -2.34. The normalized spacial score (nSPS) is 17.0. The van der Waals surface area contributed by atoms with E-state index in [1.165, 1.54) is 0 Å². The molecule has 1 saturated heterocycles. The molecule has 140 valence electrons. The van der Waals surface area contributed by atoms with Crippen LogP contribution in [0.25, 0.3) is 0 Å². The molecule has 2 rings (SSSR count). The third-order valence-corrected chi connectivity index (χ3v) is 4.79. The Labute approximate surface area is 155 Å². The fourth-order valence-corrected chi connectivity index (χ4v) is 3.16. The fraction of sp³-hybridized carbons (Fsp3) is 0.556. The molecule has 1 unspecified atom stereocenters. The van der Waals surface area contributed by atoms with E-state index in [0.29, 0.717) is 6.54 Å². The Bertz CT molecular complexity index is 588. The molecule has 0 aromatic heterocycles. The zero-order chi connectivity index (χ0) is 17.6. The van der Waals surface area contributed by atoms with Gasteiger partial charge in [0.15, 0.2) is 0 Å². The second kappa shape index (κ2) is 9.63. The summed E-state index contributed by atoms with van der Waals surface area (Å²) in [5.74, 6) is -0.0724. The zero-order valence-electron chi connectivity index (χ0n) is 14.9. The summed E-state index contributed by atoms with van der Waals surface area (Å²) in [7, 11) is 0. The zero-order valence-corrected chi connectivity index (χ0v) is 15.7. The van der Waals surface area contributed by atoms with E-state index in [4.69, 9.17) is 5.73 Å². The first-order chi connectivity index (χ1) is 11.4. The van der Waals surface area contributed by atoms with Crippen molar-refractivity contribution in [1.82, 2.24) is 16.0 Å². The molecular formula is C18H29ClN4O2. The number of halogens is 1. The maximum atomic E-state index is 12.4. The second-order valence-corrected chi connectivity index (χ2v) is 6.96. The molecule has 1 aromatic rings. The van der Waals surface area contributed by atoms with Crippen LogP contribution in [0.4, 0.5) is 4.79 Å². The van der Waals surface area contributed by atoms with Gasteiger partial charge in [-0.05, 0) is 49.4 Å². The summed E-state index contributed by atoms with van der Waals surface area (Å²) in [4.78, 5) is 23.7. The van der Waals surface area contributed by atoms with Crippen molar-refractivity contribution in [1.29, 1.82) is 0 Å². The van der Waals surface area contributed by atoms with Gasteiger partial charge in [0.1, 0.15) is 0 Å². The summed E-state index contributed by atoms with van der Waals surface area (Å²) in [6.07, 6.45) is 2.28. The Morgan fingerprint density at radius 2 is 1.92 bits per heavy atom. The molecule has 5 N–H and O–H groups in total. The number of primary amides is 1. The molecule has 1 aromatic carbocycles. The average molecular weight is 369 g/mol. The number of hydrogen-bond donors (Lipinski definition) is 4. The van der Waals surface area contributed by atoms with Crippen LogP contribution in [0.5, 0.6) is 0 Å². The van der Waals surface area contributed by atoms with Gasteiger partial charge in [-0.2, -0.15) is 0 Å². The van der Waals surface area contributed by atoms with E-state index < -0.39 is 12.1 Å². The van der Waals surface area contributed by atoms with Crippen molar-refractivity contribution in [3.05, 3.63) is 35.4 Å². The van der Waals surface area contributed by atoms with Crippen LogP contribution in [-0.2, 0) is 4.79 Å². The molecule has 0 aliphatic carbocycles. The molecule has 3 amide bonds. The largest absolute Gasteiger partial charge is 0.355 e. The molecule has 1 atom stereocenters. The lowest BCUT2D eigenvalue weighted by Crippen LogP contribution is -2.44. The summed E-state index contributed by atoms with van der Waals surface area (Å²) >= 11 is 0. The Kier molecular flexibility index (Phi) is 8.19. The van der Waals surface area contributed by atoms with Crippen LogP contribution >= 0.6 is 12.4 Å². The molecule has 1 fully saturated rings. The van der Waals surface area contributed by atoms with Crippen LogP contribution in [-0.4, -0.2) is 31.6 Å². The van der Waals surface area contributed by atoms with Crippen LogP contribution in [0, 0.1) is 12.3 Å². The van der Waals surface area contributed by atoms with Crippen LogP contribution < -0.4 is 21.7 Å². The highest BCUT2D eigenvalue weighted by molar-refractivity contribution is 5.85. The van der Waals surface area contributed by atoms with Gasteiger partial charge in [-0.3, -0.25) is 4.79 Å². The van der Waals surface area contributed by atoms with Gasteiger partial charge in [0.2, 0.25) is 5.91 Å². The summed E-state index contributed by atoms with van der Waals surface area (Å²) in [5, 5.41) is 9.05. The number of hydrogen-bond acceptors (Lipinski definition) is 3. The van der Waals surface area contributed by atoms with Gasteiger partial charge >= 0.3 is 6.03 Å². The molecule has 0 saturated carbocycles. The van der Waals surface area contributed by atoms with Crippen LogP contribution in [0.3, 0.4) is 0 Å². The number of rotatable bonds is 6. The third-order valence-electron chi connectivity index (χ3n) is 4.79. The minimum absolute atomic E-state index is 0. The summed E-state index contributed by atoms with van der Waals surface area (Å²) in [6, 6.07) is 6.66. The maximum absolute atomic E-state index is 12.4. The molecule has 0 radical (unpaired) electrons. The van der Waals surface area contributed by atoms with Crippen molar-refractivity contribution in [2.75, 3.05) is 19.6 Å². The molecule has 7 heteroatoms. The van der Waals surface area contributed by atoms with E-state index in [1.807, 2.05) is 31.2 Å². The molecular weight excluding hydrogens is 340 g/mol. The number of amides is 3. The number of carbonyl (C=O) groups excluding carboxylic acids is 2. The fourth-order valence-electron chi connectivity index (χ4n) is 3.16. The van der Waals surface area contributed by atoms with Gasteiger partial charge in [0.25, 0.3) is 0 Å². The first kappa shape index (κ1) is 21.3. The third kappa shape index (κ3) is 6.55. The van der Waals surface area contributed by atoms with E-state index in [2.05, 4.69) is 22.9 Å². The smallest absolute Gasteiger partial charge is 0.312 e. The van der Waals surface area contributed by atoms with E-state index in [9.17, 15) is 9.59 Å². The minimum atomic E-state index is -0.624. The van der Waals surface area contributed by atoms with Gasteiger partial charge in [-0.15, -0.1) is 12.4 Å². The lowest BCUT2D eigenvalue weighted by atomic mass is 9.81. The summed E-state index contributed by atoms with van der Waals surface area (Å²) < 4.78 is 0. The quantitative estimate of drug-likeness (QED) is 0.618. The Morgan fingerprint density at radius 3 is 2.52 bits per heavy atom. The highest BCUT2D eigenvalue weighted by atomic mass is 35.5. The van der Waals surface area contributed by atoms with E-state index in [-0.39, 0.29) is 30.2 Å².